The number of rotatable bonds is 2. The van der Waals surface area contributed by atoms with E-state index in [4.69, 9.17) is 10.2 Å². The van der Waals surface area contributed by atoms with Crippen LogP contribution in [-0.4, -0.2) is 16.3 Å². The predicted octanol–water partition coefficient (Wildman–Crippen LogP) is 1.92. The number of amides is 1. The second-order valence-corrected chi connectivity index (χ2v) is 3.30. The van der Waals surface area contributed by atoms with E-state index in [9.17, 15) is 4.79 Å². The van der Waals surface area contributed by atoms with Gasteiger partial charge in [0.1, 0.15) is 5.75 Å². The highest BCUT2D eigenvalue weighted by molar-refractivity contribution is 9.10. The molecule has 1 rings (SSSR count). The van der Waals surface area contributed by atoms with Crippen LogP contribution >= 0.6 is 15.9 Å². The highest BCUT2D eigenvalue weighted by Crippen LogP contribution is 2.23. The number of carboxylic acid groups (broad SMARTS) is 1. The Bertz CT molecular complexity index is 327. The molecule has 0 unspecified atom stereocenters. The normalized spacial score (nSPS) is 9.62. The van der Waals surface area contributed by atoms with Crippen molar-refractivity contribution in [3.63, 3.8) is 0 Å². The molecule has 3 N–H and O–H groups in total. The molecule has 0 saturated carbocycles. The van der Waals surface area contributed by atoms with E-state index in [2.05, 4.69) is 21.2 Å². The van der Waals surface area contributed by atoms with Gasteiger partial charge in [0.2, 0.25) is 0 Å². The number of benzene rings is 1. The second-order valence-electron chi connectivity index (χ2n) is 2.44. The number of nitrogens with one attached hydrogen (secondary N) is 1. The number of aromatic hydroxyl groups is 1. The van der Waals surface area contributed by atoms with Gasteiger partial charge in [0, 0.05) is 6.54 Å². The third kappa shape index (κ3) is 2.95. The van der Waals surface area contributed by atoms with Gasteiger partial charge in [-0.15, -0.1) is 0 Å². The minimum absolute atomic E-state index is 0.138. The van der Waals surface area contributed by atoms with E-state index in [1.54, 1.807) is 12.1 Å². The number of halogens is 1. The quantitative estimate of drug-likeness (QED) is 0.746. The zero-order valence-electron chi connectivity index (χ0n) is 6.62. The van der Waals surface area contributed by atoms with E-state index in [-0.39, 0.29) is 12.3 Å². The summed E-state index contributed by atoms with van der Waals surface area (Å²) >= 11 is 3.13. The van der Waals surface area contributed by atoms with Crippen molar-refractivity contribution in [3.05, 3.63) is 28.2 Å². The standard InChI is InChI=1S/C8H8BrNO3/c9-6-3-5(1-2-7(6)11)4-10-8(12)13/h1-3,10-11H,4H2,(H,12,13). The molecular formula is C8H8BrNO3. The Morgan fingerprint density at radius 1 is 1.54 bits per heavy atom. The van der Waals surface area contributed by atoms with Crippen LogP contribution < -0.4 is 5.32 Å². The van der Waals surface area contributed by atoms with Crippen molar-refractivity contribution < 1.29 is 15.0 Å². The summed E-state index contributed by atoms with van der Waals surface area (Å²) in [5.41, 5.74) is 0.784. The summed E-state index contributed by atoms with van der Waals surface area (Å²) in [6, 6.07) is 4.81. The Labute approximate surface area is 83.3 Å². The molecule has 0 aliphatic rings. The molecule has 0 saturated heterocycles. The second kappa shape index (κ2) is 4.13. The van der Waals surface area contributed by atoms with Gasteiger partial charge >= 0.3 is 6.09 Å². The molecule has 1 aromatic carbocycles. The number of carbonyl (C=O) groups is 1. The van der Waals surface area contributed by atoms with Crippen molar-refractivity contribution in [1.29, 1.82) is 0 Å². The van der Waals surface area contributed by atoms with Crippen LogP contribution in [0.2, 0.25) is 0 Å². The van der Waals surface area contributed by atoms with Crippen molar-refractivity contribution in [2.24, 2.45) is 0 Å². The average Bonchev–Trinajstić information content (AvgIpc) is 2.07. The molecule has 13 heavy (non-hydrogen) atoms. The highest BCUT2D eigenvalue weighted by Gasteiger charge is 2.00. The van der Waals surface area contributed by atoms with Crippen LogP contribution in [0, 0.1) is 0 Å². The maximum atomic E-state index is 10.2. The summed E-state index contributed by atoms with van der Waals surface area (Å²) < 4.78 is 0.553. The van der Waals surface area contributed by atoms with Crippen molar-refractivity contribution in [2.45, 2.75) is 6.54 Å². The first-order chi connectivity index (χ1) is 6.09. The smallest absolute Gasteiger partial charge is 0.404 e. The Kier molecular flexibility index (Phi) is 3.13. The summed E-state index contributed by atoms with van der Waals surface area (Å²) in [6.07, 6.45) is -1.07. The van der Waals surface area contributed by atoms with Crippen LogP contribution in [0.15, 0.2) is 22.7 Å². The third-order valence-corrected chi connectivity index (χ3v) is 2.09. The molecule has 0 spiro atoms. The molecule has 0 bridgehead atoms. The fraction of sp³-hybridized carbons (Fsp3) is 0.125. The number of hydrogen-bond acceptors (Lipinski definition) is 2. The van der Waals surface area contributed by atoms with Gasteiger partial charge < -0.3 is 15.5 Å². The van der Waals surface area contributed by atoms with Crippen LogP contribution in [0.25, 0.3) is 0 Å². The predicted molar refractivity (Wildman–Crippen MR) is 50.7 cm³/mol. The van der Waals surface area contributed by atoms with Crippen LogP contribution in [0.3, 0.4) is 0 Å². The molecule has 0 heterocycles. The van der Waals surface area contributed by atoms with Crippen LogP contribution in [0.4, 0.5) is 4.79 Å². The maximum Gasteiger partial charge on any atom is 0.404 e. The Hall–Kier alpha value is -1.23. The minimum Gasteiger partial charge on any atom is -0.507 e. The first-order valence-electron chi connectivity index (χ1n) is 3.54. The molecular weight excluding hydrogens is 238 g/mol. The van der Waals surface area contributed by atoms with Gasteiger partial charge in [-0.2, -0.15) is 0 Å². The third-order valence-electron chi connectivity index (χ3n) is 1.46. The van der Waals surface area contributed by atoms with E-state index in [1.807, 2.05) is 0 Å². The van der Waals surface area contributed by atoms with Crippen LogP contribution in [-0.2, 0) is 6.54 Å². The molecule has 4 nitrogen and oxygen atoms in total. The first kappa shape index (κ1) is 9.85. The molecule has 70 valence electrons. The number of phenolic OH excluding ortho intramolecular Hbond substituents is 1. The van der Waals surface area contributed by atoms with Gasteiger partial charge in [-0.3, -0.25) is 0 Å². The molecule has 1 aromatic rings. The van der Waals surface area contributed by atoms with E-state index in [1.165, 1.54) is 6.07 Å². The van der Waals surface area contributed by atoms with E-state index >= 15 is 0 Å². The van der Waals surface area contributed by atoms with Crippen molar-refractivity contribution in [3.8, 4) is 5.75 Å². The SMILES string of the molecule is O=C(O)NCc1ccc(O)c(Br)c1. The monoisotopic (exact) mass is 245 g/mol. The lowest BCUT2D eigenvalue weighted by molar-refractivity contribution is 0.194. The summed E-state index contributed by atoms with van der Waals surface area (Å²) in [7, 11) is 0. The van der Waals surface area contributed by atoms with Gasteiger partial charge in [0.05, 0.1) is 4.47 Å². The highest BCUT2D eigenvalue weighted by atomic mass is 79.9. The van der Waals surface area contributed by atoms with Gasteiger partial charge in [-0.25, -0.2) is 4.79 Å². The summed E-state index contributed by atoms with van der Waals surface area (Å²) in [6.45, 7) is 0.230. The summed E-state index contributed by atoms with van der Waals surface area (Å²) in [4.78, 5) is 10.2. The van der Waals surface area contributed by atoms with E-state index < -0.39 is 6.09 Å². The van der Waals surface area contributed by atoms with Gasteiger partial charge in [0.25, 0.3) is 0 Å². The Morgan fingerprint density at radius 2 is 2.23 bits per heavy atom. The van der Waals surface area contributed by atoms with Gasteiger partial charge in [-0.1, -0.05) is 6.07 Å². The molecule has 1 amide bonds. The summed E-state index contributed by atoms with van der Waals surface area (Å²) in [5.74, 6) is 0.138. The van der Waals surface area contributed by atoms with Crippen molar-refractivity contribution >= 4 is 22.0 Å². The summed E-state index contributed by atoms with van der Waals surface area (Å²) in [5, 5.41) is 19.7. The lowest BCUT2D eigenvalue weighted by atomic mass is 10.2. The Morgan fingerprint density at radius 3 is 2.77 bits per heavy atom. The average molecular weight is 246 g/mol. The number of hydrogen-bond donors (Lipinski definition) is 3. The van der Waals surface area contributed by atoms with Crippen LogP contribution in [0.1, 0.15) is 5.56 Å². The zero-order chi connectivity index (χ0) is 9.84. The number of phenols is 1. The maximum absolute atomic E-state index is 10.2. The molecule has 0 aromatic heterocycles. The van der Waals surface area contributed by atoms with Gasteiger partial charge in [-0.05, 0) is 33.6 Å². The van der Waals surface area contributed by atoms with E-state index in [0.29, 0.717) is 4.47 Å². The molecule has 5 heteroatoms. The largest absolute Gasteiger partial charge is 0.507 e. The molecule has 0 fully saturated rings. The molecule has 0 aliphatic heterocycles. The fourth-order valence-electron chi connectivity index (χ4n) is 0.838. The topological polar surface area (TPSA) is 69.6 Å². The minimum atomic E-state index is -1.07. The molecule has 0 atom stereocenters. The lowest BCUT2D eigenvalue weighted by Gasteiger charge is -2.02. The molecule has 0 aliphatic carbocycles. The van der Waals surface area contributed by atoms with Crippen LogP contribution in [0.5, 0.6) is 5.75 Å². The van der Waals surface area contributed by atoms with Gasteiger partial charge in [0.15, 0.2) is 0 Å². The Balaban J connectivity index is 2.68. The lowest BCUT2D eigenvalue weighted by Crippen LogP contribution is -2.19. The zero-order valence-corrected chi connectivity index (χ0v) is 8.21. The van der Waals surface area contributed by atoms with Crippen molar-refractivity contribution in [2.75, 3.05) is 0 Å². The van der Waals surface area contributed by atoms with Crippen molar-refractivity contribution in [1.82, 2.24) is 5.32 Å². The first-order valence-corrected chi connectivity index (χ1v) is 4.33. The molecule has 0 radical (unpaired) electrons. The fourth-order valence-corrected chi connectivity index (χ4v) is 1.26. The van der Waals surface area contributed by atoms with E-state index in [0.717, 1.165) is 5.56 Å².